The van der Waals surface area contributed by atoms with E-state index >= 15 is 0 Å². The SMILES string of the molecule is O=c1cc(/C=C/c2ccccc2F)oc2ccccc12. The Morgan fingerprint density at radius 1 is 0.950 bits per heavy atom. The zero-order valence-corrected chi connectivity index (χ0v) is 10.5. The van der Waals surface area contributed by atoms with Crippen LogP contribution < -0.4 is 5.43 Å². The molecule has 20 heavy (non-hydrogen) atoms. The minimum Gasteiger partial charge on any atom is -0.456 e. The van der Waals surface area contributed by atoms with Gasteiger partial charge in [-0.1, -0.05) is 30.3 Å². The molecule has 0 spiro atoms. The Bertz CT molecular complexity index is 847. The van der Waals surface area contributed by atoms with Crippen LogP contribution in [0.5, 0.6) is 0 Å². The van der Waals surface area contributed by atoms with Gasteiger partial charge in [-0.25, -0.2) is 4.39 Å². The van der Waals surface area contributed by atoms with E-state index in [4.69, 9.17) is 4.42 Å². The Hall–Kier alpha value is -2.68. The van der Waals surface area contributed by atoms with E-state index < -0.39 is 0 Å². The molecule has 0 saturated carbocycles. The lowest BCUT2D eigenvalue weighted by Crippen LogP contribution is -1.99. The lowest BCUT2D eigenvalue weighted by molar-refractivity contribution is 0.591. The lowest BCUT2D eigenvalue weighted by Gasteiger charge is -1.99. The van der Waals surface area contributed by atoms with Gasteiger partial charge in [-0.2, -0.15) is 0 Å². The Kier molecular flexibility index (Phi) is 3.17. The van der Waals surface area contributed by atoms with Crippen LogP contribution in [0.3, 0.4) is 0 Å². The summed E-state index contributed by atoms with van der Waals surface area (Å²) in [5.41, 5.74) is 0.858. The molecule has 3 heteroatoms. The molecule has 0 bridgehead atoms. The highest BCUT2D eigenvalue weighted by molar-refractivity contribution is 5.78. The summed E-state index contributed by atoms with van der Waals surface area (Å²) in [6.07, 6.45) is 3.18. The largest absolute Gasteiger partial charge is 0.456 e. The Morgan fingerprint density at radius 2 is 1.70 bits per heavy atom. The van der Waals surface area contributed by atoms with Gasteiger partial charge in [0.05, 0.1) is 5.39 Å². The fourth-order valence-corrected chi connectivity index (χ4v) is 1.99. The first kappa shape index (κ1) is 12.4. The van der Waals surface area contributed by atoms with E-state index in [2.05, 4.69) is 0 Å². The Balaban J connectivity index is 2.04. The molecule has 0 saturated heterocycles. The number of fused-ring (bicyclic) bond motifs is 1. The Morgan fingerprint density at radius 3 is 2.55 bits per heavy atom. The molecule has 2 aromatic carbocycles. The molecule has 0 radical (unpaired) electrons. The van der Waals surface area contributed by atoms with Gasteiger partial charge in [0, 0.05) is 11.6 Å². The summed E-state index contributed by atoms with van der Waals surface area (Å²) < 4.78 is 19.1. The average Bonchev–Trinajstić information content (AvgIpc) is 2.46. The number of hydrogen-bond acceptors (Lipinski definition) is 2. The predicted octanol–water partition coefficient (Wildman–Crippen LogP) is 4.10. The molecule has 0 fully saturated rings. The maximum absolute atomic E-state index is 13.5. The second-order valence-electron chi connectivity index (χ2n) is 4.36. The van der Waals surface area contributed by atoms with E-state index in [-0.39, 0.29) is 11.2 Å². The van der Waals surface area contributed by atoms with Gasteiger partial charge < -0.3 is 4.42 Å². The summed E-state index contributed by atoms with van der Waals surface area (Å²) in [5.74, 6) is 0.0869. The summed E-state index contributed by atoms with van der Waals surface area (Å²) in [7, 11) is 0. The van der Waals surface area contributed by atoms with E-state index in [9.17, 15) is 9.18 Å². The number of halogens is 1. The van der Waals surface area contributed by atoms with Gasteiger partial charge in [-0.05, 0) is 30.4 Å². The first-order valence-corrected chi connectivity index (χ1v) is 6.19. The number of hydrogen-bond donors (Lipinski definition) is 0. The number of rotatable bonds is 2. The van der Waals surface area contributed by atoms with E-state index in [1.54, 1.807) is 54.6 Å². The molecule has 0 aliphatic carbocycles. The van der Waals surface area contributed by atoms with E-state index in [0.29, 0.717) is 22.3 Å². The quantitative estimate of drug-likeness (QED) is 0.699. The van der Waals surface area contributed by atoms with Gasteiger partial charge in [0.2, 0.25) is 0 Å². The van der Waals surface area contributed by atoms with Crippen LogP contribution in [0.1, 0.15) is 11.3 Å². The van der Waals surface area contributed by atoms with Gasteiger partial charge in [-0.15, -0.1) is 0 Å². The standard InChI is InChI=1S/C17H11FO2/c18-15-7-3-1-5-12(15)9-10-13-11-16(19)14-6-2-4-8-17(14)20-13/h1-11H/b10-9+. The van der Waals surface area contributed by atoms with E-state index in [0.717, 1.165) is 0 Å². The van der Waals surface area contributed by atoms with Crippen LogP contribution >= 0.6 is 0 Å². The van der Waals surface area contributed by atoms with Crippen LogP contribution in [-0.2, 0) is 0 Å². The topological polar surface area (TPSA) is 30.2 Å². The van der Waals surface area contributed by atoms with Gasteiger partial charge in [0.25, 0.3) is 0 Å². The third-order valence-corrected chi connectivity index (χ3v) is 2.99. The van der Waals surface area contributed by atoms with Crippen molar-refractivity contribution < 1.29 is 8.81 Å². The highest BCUT2D eigenvalue weighted by Crippen LogP contribution is 2.15. The third kappa shape index (κ3) is 2.38. The Labute approximate surface area is 114 Å². The summed E-state index contributed by atoms with van der Waals surface area (Å²) in [6.45, 7) is 0. The molecule has 2 nitrogen and oxygen atoms in total. The van der Waals surface area contributed by atoms with Crippen LogP contribution in [0, 0.1) is 5.82 Å². The number of para-hydroxylation sites is 1. The van der Waals surface area contributed by atoms with Crippen LogP contribution in [0.15, 0.2) is 63.8 Å². The second kappa shape index (κ2) is 5.13. The zero-order chi connectivity index (χ0) is 13.9. The van der Waals surface area contributed by atoms with Crippen molar-refractivity contribution in [3.05, 3.63) is 82.0 Å². The molecule has 3 rings (SSSR count). The molecule has 0 aliphatic heterocycles. The van der Waals surface area contributed by atoms with E-state index in [1.165, 1.54) is 12.1 Å². The van der Waals surface area contributed by atoms with Crippen molar-refractivity contribution in [3.63, 3.8) is 0 Å². The molecule has 0 unspecified atom stereocenters. The average molecular weight is 266 g/mol. The molecule has 0 atom stereocenters. The first-order valence-electron chi connectivity index (χ1n) is 6.19. The normalized spacial score (nSPS) is 11.2. The summed E-state index contributed by atoms with van der Waals surface area (Å²) in [4.78, 5) is 11.9. The van der Waals surface area contributed by atoms with Gasteiger partial charge in [0.15, 0.2) is 5.43 Å². The molecular weight excluding hydrogens is 255 g/mol. The molecule has 98 valence electrons. The van der Waals surface area contributed by atoms with Crippen LogP contribution in [0.25, 0.3) is 23.1 Å². The minimum absolute atomic E-state index is 0.111. The summed E-state index contributed by atoms with van der Waals surface area (Å²) in [6, 6.07) is 14.9. The van der Waals surface area contributed by atoms with Gasteiger partial charge in [0.1, 0.15) is 17.2 Å². The number of benzene rings is 2. The van der Waals surface area contributed by atoms with E-state index in [1.807, 2.05) is 0 Å². The summed E-state index contributed by atoms with van der Waals surface area (Å²) >= 11 is 0. The third-order valence-electron chi connectivity index (χ3n) is 2.99. The molecular formula is C17H11FO2. The van der Waals surface area contributed by atoms with Gasteiger partial charge >= 0.3 is 0 Å². The van der Waals surface area contributed by atoms with Crippen LogP contribution in [0.4, 0.5) is 4.39 Å². The molecule has 0 N–H and O–H groups in total. The molecule has 1 aromatic heterocycles. The molecule has 0 amide bonds. The van der Waals surface area contributed by atoms with Crippen LogP contribution in [0.2, 0.25) is 0 Å². The predicted molar refractivity (Wildman–Crippen MR) is 77.8 cm³/mol. The van der Waals surface area contributed by atoms with Crippen molar-refractivity contribution in [2.75, 3.05) is 0 Å². The molecule has 3 aromatic rings. The highest BCUT2D eigenvalue weighted by atomic mass is 19.1. The van der Waals surface area contributed by atoms with Crippen molar-refractivity contribution in [3.8, 4) is 0 Å². The lowest BCUT2D eigenvalue weighted by atomic mass is 10.1. The zero-order valence-electron chi connectivity index (χ0n) is 10.5. The van der Waals surface area contributed by atoms with Crippen molar-refractivity contribution in [2.45, 2.75) is 0 Å². The van der Waals surface area contributed by atoms with Crippen molar-refractivity contribution >= 4 is 23.1 Å². The van der Waals surface area contributed by atoms with Gasteiger partial charge in [-0.3, -0.25) is 4.79 Å². The highest BCUT2D eigenvalue weighted by Gasteiger charge is 2.02. The van der Waals surface area contributed by atoms with Crippen molar-refractivity contribution in [2.24, 2.45) is 0 Å². The molecule has 0 aliphatic rings. The van der Waals surface area contributed by atoms with Crippen molar-refractivity contribution in [1.82, 2.24) is 0 Å². The fraction of sp³-hybridized carbons (Fsp3) is 0. The van der Waals surface area contributed by atoms with Crippen molar-refractivity contribution in [1.29, 1.82) is 0 Å². The summed E-state index contributed by atoms with van der Waals surface area (Å²) in [5, 5.41) is 0.538. The maximum Gasteiger partial charge on any atom is 0.193 e. The minimum atomic E-state index is -0.313. The smallest absolute Gasteiger partial charge is 0.193 e. The monoisotopic (exact) mass is 266 g/mol. The molecule has 1 heterocycles. The second-order valence-corrected chi connectivity index (χ2v) is 4.36. The maximum atomic E-state index is 13.5. The fourth-order valence-electron chi connectivity index (χ4n) is 1.99. The van der Waals surface area contributed by atoms with Crippen LogP contribution in [-0.4, -0.2) is 0 Å². The first-order chi connectivity index (χ1) is 9.74.